The van der Waals surface area contributed by atoms with Gasteiger partial charge in [-0.3, -0.25) is 4.90 Å². The minimum atomic E-state index is -0.282. The third kappa shape index (κ3) is 3.44. The lowest BCUT2D eigenvalue weighted by Crippen LogP contribution is -2.61. The Balaban J connectivity index is 2.77. The van der Waals surface area contributed by atoms with Crippen LogP contribution in [0.5, 0.6) is 0 Å². The van der Waals surface area contributed by atoms with Crippen LogP contribution in [-0.2, 0) is 9.47 Å². The number of likely N-dealkylation sites (N-methyl/N-ethyl adjacent to an activating group) is 1. The molecule has 0 radical (unpaired) electrons. The summed E-state index contributed by atoms with van der Waals surface area (Å²) in [5, 5.41) is 0. The number of nitrogens with zero attached hydrogens (tertiary/aromatic N) is 1. The van der Waals surface area contributed by atoms with Crippen molar-refractivity contribution in [3.63, 3.8) is 0 Å². The fourth-order valence-corrected chi connectivity index (χ4v) is 3.07. The zero-order valence-electron chi connectivity index (χ0n) is 12.4. The summed E-state index contributed by atoms with van der Waals surface area (Å²) in [6, 6.07) is 0.592. The van der Waals surface area contributed by atoms with Gasteiger partial charge in [-0.1, -0.05) is 25.7 Å². The molecule has 0 aromatic carbocycles. The van der Waals surface area contributed by atoms with Crippen LogP contribution >= 0.6 is 0 Å². The van der Waals surface area contributed by atoms with Crippen LogP contribution in [0.25, 0.3) is 0 Å². The third-order valence-corrected chi connectivity index (χ3v) is 4.53. The monoisotopic (exact) mass is 258 g/mol. The van der Waals surface area contributed by atoms with E-state index in [1.165, 1.54) is 38.5 Å². The predicted molar refractivity (Wildman–Crippen MR) is 74.5 cm³/mol. The van der Waals surface area contributed by atoms with Crippen LogP contribution in [0.2, 0.25) is 0 Å². The zero-order valence-corrected chi connectivity index (χ0v) is 12.4. The van der Waals surface area contributed by atoms with Crippen LogP contribution in [-0.4, -0.2) is 50.6 Å². The number of ether oxygens (including phenoxy) is 2. The first kappa shape index (κ1) is 15.9. The van der Waals surface area contributed by atoms with Gasteiger partial charge >= 0.3 is 0 Å². The average molecular weight is 258 g/mol. The standard InChI is InChI=1S/C14H30N2O2/c1-14(11-15,13(17-3)18-4)16(2)12-9-7-5-6-8-10-12/h12-13H,5-11,15H2,1-4H3. The molecular weight excluding hydrogens is 228 g/mol. The highest BCUT2D eigenvalue weighted by molar-refractivity contribution is 4.93. The van der Waals surface area contributed by atoms with Crippen LogP contribution in [0.4, 0.5) is 0 Å². The van der Waals surface area contributed by atoms with Gasteiger partial charge in [0.25, 0.3) is 0 Å². The van der Waals surface area contributed by atoms with E-state index in [-0.39, 0.29) is 11.8 Å². The highest BCUT2D eigenvalue weighted by Gasteiger charge is 2.40. The van der Waals surface area contributed by atoms with E-state index in [1.807, 2.05) is 0 Å². The second kappa shape index (κ2) is 7.43. The molecule has 0 spiro atoms. The Morgan fingerprint density at radius 3 is 2.06 bits per heavy atom. The van der Waals surface area contributed by atoms with Gasteiger partial charge in [0.15, 0.2) is 6.29 Å². The zero-order chi connectivity index (χ0) is 13.6. The number of hydrogen-bond acceptors (Lipinski definition) is 4. The molecule has 0 aromatic rings. The van der Waals surface area contributed by atoms with E-state index < -0.39 is 0 Å². The maximum absolute atomic E-state index is 6.00. The molecule has 4 heteroatoms. The summed E-state index contributed by atoms with van der Waals surface area (Å²) in [7, 11) is 5.53. The normalized spacial score (nSPS) is 22.2. The molecule has 1 aliphatic carbocycles. The first-order valence-corrected chi connectivity index (χ1v) is 7.08. The fraction of sp³-hybridized carbons (Fsp3) is 1.00. The van der Waals surface area contributed by atoms with E-state index in [2.05, 4.69) is 18.9 Å². The topological polar surface area (TPSA) is 47.7 Å². The van der Waals surface area contributed by atoms with E-state index >= 15 is 0 Å². The lowest BCUT2D eigenvalue weighted by Gasteiger charge is -2.46. The van der Waals surface area contributed by atoms with Crippen molar-refractivity contribution in [2.45, 2.75) is 63.3 Å². The second-order valence-corrected chi connectivity index (χ2v) is 5.62. The Labute approximate surface area is 112 Å². The van der Waals surface area contributed by atoms with Gasteiger partial charge in [-0.2, -0.15) is 0 Å². The molecule has 1 rings (SSSR count). The maximum atomic E-state index is 6.00. The first-order valence-electron chi connectivity index (χ1n) is 7.08. The third-order valence-electron chi connectivity index (χ3n) is 4.53. The SMILES string of the molecule is COC(OC)C(C)(CN)N(C)C1CCCCCC1. The van der Waals surface area contributed by atoms with Gasteiger partial charge < -0.3 is 15.2 Å². The van der Waals surface area contributed by atoms with Crippen LogP contribution < -0.4 is 5.73 Å². The van der Waals surface area contributed by atoms with Crippen LogP contribution in [0.3, 0.4) is 0 Å². The van der Waals surface area contributed by atoms with Gasteiger partial charge in [0.1, 0.15) is 0 Å². The molecule has 0 amide bonds. The summed E-state index contributed by atoms with van der Waals surface area (Å²) in [5.74, 6) is 0. The largest absolute Gasteiger partial charge is 0.354 e. The molecule has 0 aliphatic heterocycles. The minimum absolute atomic E-state index is 0.265. The average Bonchev–Trinajstić information content (AvgIpc) is 2.67. The van der Waals surface area contributed by atoms with Crippen molar-refractivity contribution in [1.82, 2.24) is 4.90 Å². The van der Waals surface area contributed by atoms with E-state index in [4.69, 9.17) is 15.2 Å². The second-order valence-electron chi connectivity index (χ2n) is 5.62. The molecule has 0 bridgehead atoms. The fourth-order valence-electron chi connectivity index (χ4n) is 3.07. The molecule has 2 N–H and O–H groups in total. The molecule has 0 heterocycles. The summed E-state index contributed by atoms with van der Waals surface area (Å²) in [4.78, 5) is 2.38. The van der Waals surface area contributed by atoms with Gasteiger partial charge in [0.2, 0.25) is 0 Å². The molecule has 1 saturated carbocycles. The van der Waals surface area contributed by atoms with Gasteiger partial charge in [-0.25, -0.2) is 0 Å². The quantitative estimate of drug-likeness (QED) is 0.584. The van der Waals surface area contributed by atoms with Crippen LogP contribution in [0.1, 0.15) is 45.4 Å². The van der Waals surface area contributed by atoms with Crippen molar-refractivity contribution >= 4 is 0 Å². The summed E-state index contributed by atoms with van der Waals surface area (Å²) in [5.41, 5.74) is 5.74. The number of hydrogen-bond donors (Lipinski definition) is 1. The van der Waals surface area contributed by atoms with E-state index in [0.717, 1.165) is 0 Å². The molecule has 108 valence electrons. The van der Waals surface area contributed by atoms with Crippen molar-refractivity contribution in [3.05, 3.63) is 0 Å². The summed E-state index contributed by atoms with van der Waals surface area (Å²) < 4.78 is 10.9. The van der Waals surface area contributed by atoms with E-state index in [9.17, 15) is 0 Å². The summed E-state index contributed by atoms with van der Waals surface area (Å²) in [6.07, 6.45) is 7.60. The Kier molecular flexibility index (Phi) is 6.57. The molecule has 18 heavy (non-hydrogen) atoms. The van der Waals surface area contributed by atoms with Crippen LogP contribution in [0, 0.1) is 0 Å². The molecule has 1 fully saturated rings. The maximum Gasteiger partial charge on any atom is 0.176 e. The van der Waals surface area contributed by atoms with Crippen molar-refractivity contribution in [3.8, 4) is 0 Å². The Morgan fingerprint density at radius 1 is 1.17 bits per heavy atom. The Hall–Kier alpha value is -0.160. The lowest BCUT2D eigenvalue weighted by molar-refractivity contribution is -0.184. The molecule has 0 saturated heterocycles. The minimum Gasteiger partial charge on any atom is -0.354 e. The summed E-state index contributed by atoms with van der Waals surface area (Å²) >= 11 is 0. The number of nitrogens with two attached hydrogens (primary N) is 1. The van der Waals surface area contributed by atoms with Gasteiger partial charge in [-0.05, 0) is 26.8 Å². The smallest absolute Gasteiger partial charge is 0.176 e. The van der Waals surface area contributed by atoms with Crippen molar-refractivity contribution in [2.75, 3.05) is 27.8 Å². The number of methoxy groups -OCH3 is 2. The van der Waals surface area contributed by atoms with Gasteiger partial charge in [0.05, 0.1) is 5.54 Å². The van der Waals surface area contributed by atoms with Gasteiger partial charge in [-0.15, -0.1) is 0 Å². The molecule has 4 nitrogen and oxygen atoms in total. The Bertz CT molecular complexity index is 226. The van der Waals surface area contributed by atoms with E-state index in [0.29, 0.717) is 12.6 Å². The Morgan fingerprint density at radius 2 is 1.67 bits per heavy atom. The first-order chi connectivity index (χ1) is 8.60. The predicted octanol–water partition coefficient (Wildman–Crippen LogP) is 1.98. The summed E-state index contributed by atoms with van der Waals surface area (Å²) in [6.45, 7) is 2.67. The van der Waals surface area contributed by atoms with E-state index in [1.54, 1.807) is 14.2 Å². The molecular formula is C14H30N2O2. The van der Waals surface area contributed by atoms with Crippen molar-refractivity contribution in [2.24, 2.45) is 5.73 Å². The van der Waals surface area contributed by atoms with Gasteiger partial charge in [0, 0.05) is 26.8 Å². The highest BCUT2D eigenvalue weighted by atomic mass is 16.7. The molecule has 1 aliphatic rings. The van der Waals surface area contributed by atoms with Crippen molar-refractivity contribution < 1.29 is 9.47 Å². The molecule has 0 aromatic heterocycles. The van der Waals surface area contributed by atoms with Crippen molar-refractivity contribution in [1.29, 1.82) is 0 Å². The lowest BCUT2D eigenvalue weighted by atomic mass is 9.94. The number of rotatable bonds is 6. The highest BCUT2D eigenvalue weighted by Crippen LogP contribution is 2.29. The molecule has 1 atom stereocenters. The molecule has 1 unspecified atom stereocenters. The van der Waals surface area contributed by atoms with Crippen LogP contribution in [0.15, 0.2) is 0 Å².